The van der Waals surface area contributed by atoms with Crippen molar-refractivity contribution in [3.05, 3.63) is 54.4 Å². The molecule has 1 aliphatic heterocycles. The molecular weight excluding hydrogens is 465 g/mol. The zero-order valence-corrected chi connectivity index (χ0v) is 18.9. The van der Waals surface area contributed by atoms with Crippen molar-refractivity contribution < 1.29 is 4.74 Å². The zero-order chi connectivity index (χ0) is 18.9. The molecule has 1 aromatic carbocycles. The van der Waals surface area contributed by atoms with Crippen molar-refractivity contribution >= 4 is 35.6 Å². The van der Waals surface area contributed by atoms with Crippen molar-refractivity contribution in [1.29, 1.82) is 0 Å². The van der Waals surface area contributed by atoms with E-state index >= 15 is 0 Å². The van der Waals surface area contributed by atoms with Crippen LogP contribution in [0.15, 0.2) is 53.8 Å². The number of hydrogen-bond donors (Lipinski definition) is 2. The monoisotopic (exact) mass is 495 g/mol. The van der Waals surface area contributed by atoms with Crippen LogP contribution in [0.1, 0.15) is 18.9 Å². The van der Waals surface area contributed by atoms with Gasteiger partial charge >= 0.3 is 0 Å². The Labute approximate surface area is 184 Å². The fourth-order valence-corrected chi connectivity index (χ4v) is 3.34. The number of para-hydroxylation sites is 2. The Balaban J connectivity index is 0.00000280. The molecule has 1 aromatic heterocycles. The maximum absolute atomic E-state index is 5.50. The first-order valence-corrected chi connectivity index (χ1v) is 9.62. The molecule has 0 amide bonds. The second-order valence-electron chi connectivity index (χ2n) is 6.62. The van der Waals surface area contributed by atoms with Crippen LogP contribution in [0.4, 0.5) is 5.69 Å². The summed E-state index contributed by atoms with van der Waals surface area (Å²) in [7, 11) is 1.73. The van der Waals surface area contributed by atoms with E-state index in [0.29, 0.717) is 6.04 Å². The molecule has 1 atom stereocenters. The van der Waals surface area contributed by atoms with Gasteiger partial charge in [-0.05, 0) is 43.5 Å². The van der Waals surface area contributed by atoms with Gasteiger partial charge in [-0.15, -0.1) is 24.0 Å². The Morgan fingerprint density at radius 1 is 1.29 bits per heavy atom. The number of rotatable bonds is 7. The fraction of sp³-hybridized carbons (Fsp3) is 0.429. The van der Waals surface area contributed by atoms with Crippen molar-refractivity contribution in [1.82, 2.24) is 15.6 Å². The van der Waals surface area contributed by atoms with Crippen LogP contribution in [-0.2, 0) is 6.42 Å². The number of nitrogens with one attached hydrogen (secondary N) is 2. The van der Waals surface area contributed by atoms with E-state index in [2.05, 4.69) is 45.6 Å². The van der Waals surface area contributed by atoms with E-state index in [1.54, 1.807) is 13.3 Å². The number of ether oxygens (including phenoxy) is 1. The highest BCUT2D eigenvalue weighted by Gasteiger charge is 2.25. The van der Waals surface area contributed by atoms with E-state index in [1.165, 1.54) is 5.56 Å². The minimum absolute atomic E-state index is 0. The van der Waals surface area contributed by atoms with Crippen molar-refractivity contribution in [2.45, 2.75) is 25.8 Å². The van der Waals surface area contributed by atoms with Crippen LogP contribution in [0.25, 0.3) is 0 Å². The minimum Gasteiger partial charge on any atom is -0.495 e. The summed E-state index contributed by atoms with van der Waals surface area (Å²) in [5.41, 5.74) is 2.36. The van der Waals surface area contributed by atoms with E-state index in [9.17, 15) is 0 Å². The number of aliphatic imine (C=N–C) groups is 1. The minimum atomic E-state index is 0. The number of halogens is 1. The Bertz CT molecular complexity index is 741. The summed E-state index contributed by atoms with van der Waals surface area (Å²) in [6.45, 7) is 5.63. The lowest BCUT2D eigenvalue weighted by atomic mass is 10.2. The number of aromatic nitrogens is 1. The van der Waals surface area contributed by atoms with Gasteiger partial charge in [-0.2, -0.15) is 0 Å². The molecule has 152 valence electrons. The molecule has 0 spiro atoms. The van der Waals surface area contributed by atoms with Crippen LogP contribution in [0.2, 0.25) is 0 Å². The molecule has 28 heavy (non-hydrogen) atoms. The predicted molar refractivity (Wildman–Crippen MR) is 126 cm³/mol. The van der Waals surface area contributed by atoms with Crippen molar-refractivity contribution in [3.63, 3.8) is 0 Å². The number of anilines is 1. The van der Waals surface area contributed by atoms with Crippen molar-refractivity contribution in [2.24, 2.45) is 4.99 Å². The van der Waals surface area contributed by atoms with Crippen LogP contribution in [-0.4, -0.2) is 50.3 Å². The summed E-state index contributed by atoms with van der Waals surface area (Å²) in [5.74, 6) is 1.81. The van der Waals surface area contributed by atoms with Crippen LogP contribution in [0.5, 0.6) is 5.75 Å². The first-order chi connectivity index (χ1) is 13.3. The lowest BCUT2D eigenvalue weighted by Crippen LogP contribution is -2.44. The van der Waals surface area contributed by atoms with Crippen LogP contribution in [0.3, 0.4) is 0 Å². The molecule has 2 aromatic rings. The molecule has 2 heterocycles. The highest BCUT2D eigenvalue weighted by Crippen LogP contribution is 2.30. The summed E-state index contributed by atoms with van der Waals surface area (Å²) in [6.07, 6.45) is 5.66. The molecule has 2 N–H and O–H groups in total. The maximum Gasteiger partial charge on any atom is 0.191 e. The lowest BCUT2D eigenvalue weighted by Gasteiger charge is -2.22. The van der Waals surface area contributed by atoms with Gasteiger partial charge in [0.1, 0.15) is 5.75 Å². The third kappa shape index (κ3) is 6.25. The maximum atomic E-state index is 5.50. The smallest absolute Gasteiger partial charge is 0.191 e. The third-order valence-electron chi connectivity index (χ3n) is 4.69. The first kappa shape index (κ1) is 22.3. The largest absolute Gasteiger partial charge is 0.495 e. The van der Waals surface area contributed by atoms with Crippen molar-refractivity contribution in [3.8, 4) is 5.75 Å². The van der Waals surface area contributed by atoms with E-state index in [1.807, 2.05) is 24.4 Å². The number of guanidine groups is 1. The number of benzene rings is 1. The van der Waals surface area contributed by atoms with E-state index in [0.717, 1.165) is 56.4 Å². The molecule has 3 rings (SSSR count). The highest BCUT2D eigenvalue weighted by molar-refractivity contribution is 14.0. The molecule has 1 fully saturated rings. The molecule has 1 aliphatic rings. The molecule has 1 unspecified atom stereocenters. The van der Waals surface area contributed by atoms with Crippen LogP contribution >= 0.6 is 24.0 Å². The van der Waals surface area contributed by atoms with Gasteiger partial charge in [-0.25, -0.2) is 0 Å². The van der Waals surface area contributed by atoms with E-state index in [-0.39, 0.29) is 24.0 Å². The molecule has 7 heteroatoms. The summed E-state index contributed by atoms with van der Waals surface area (Å²) in [6, 6.07) is 12.6. The standard InChI is InChI=1S/C21H29N5O.HI/c1-3-23-21(24-13-10-17-7-6-12-22-15-17)25-18-11-14-26(16-18)19-8-4-5-9-20(19)27-2;/h4-9,12,15,18H,3,10-11,13-14,16H2,1-2H3,(H2,23,24,25);1H. The van der Waals surface area contributed by atoms with Crippen LogP contribution in [0, 0.1) is 0 Å². The lowest BCUT2D eigenvalue weighted by molar-refractivity contribution is 0.415. The number of hydrogen-bond acceptors (Lipinski definition) is 4. The average molecular weight is 495 g/mol. The summed E-state index contributed by atoms with van der Waals surface area (Å²) in [4.78, 5) is 11.3. The van der Waals surface area contributed by atoms with Gasteiger partial charge in [0.25, 0.3) is 0 Å². The van der Waals surface area contributed by atoms with Crippen molar-refractivity contribution in [2.75, 3.05) is 38.2 Å². The zero-order valence-electron chi connectivity index (χ0n) is 16.6. The summed E-state index contributed by atoms with van der Waals surface area (Å²) >= 11 is 0. The normalized spacial score (nSPS) is 16.4. The SMILES string of the molecule is CCNC(=NCCc1cccnc1)NC1CCN(c2ccccc2OC)C1.I. The Morgan fingerprint density at radius 3 is 2.89 bits per heavy atom. The molecule has 6 nitrogen and oxygen atoms in total. The average Bonchev–Trinajstić information content (AvgIpc) is 3.17. The number of methoxy groups -OCH3 is 1. The molecular formula is C21H30IN5O. The van der Waals surface area contributed by atoms with E-state index < -0.39 is 0 Å². The summed E-state index contributed by atoms with van der Waals surface area (Å²) in [5, 5.41) is 6.93. The van der Waals surface area contributed by atoms with Gasteiger partial charge < -0.3 is 20.3 Å². The van der Waals surface area contributed by atoms with E-state index in [4.69, 9.17) is 9.73 Å². The first-order valence-electron chi connectivity index (χ1n) is 9.62. The second kappa shape index (κ2) is 11.7. The van der Waals surface area contributed by atoms with Gasteiger partial charge in [0.05, 0.1) is 12.8 Å². The topological polar surface area (TPSA) is 61.8 Å². The van der Waals surface area contributed by atoms with Gasteiger partial charge in [-0.3, -0.25) is 9.98 Å². The third-order valence-corrected chi connectivity index (χ3v) is 4.69. The molecule has 0 saturated carbocycles. The Hall–Kier alpha value is -2.03. The predicted octanol–water partition coefficient (Wildman–Crippen LogP) is 3.08. The second-order valence-corrected chi connectivity index (χ2v) is 6.62. The fourth-order valence-electron chi connectivity index (χ4n) is 3.34. The van der Waals surface area contributed by atoms with Gasteiger partial charge in [0.2, 0.25) is 0 Å². The van der Waals surface area contributed by atoms with Gasteiger partial charge in [0, 0.05) is 44.6 Å². The number of pyridine rings is 1. The van der Waals surface area contributed by atoms with Gasteiger partial charge in [-0.1, -0.05) is 18.2 Å². The number of nitrogens with zero attached hydrogens (tertiary/aromatic N) is 3. The molecule has 0 radical (unpaired) electrons. The Morgan fingerprint density at radius 2 is 2.14 bits per heavy atom. The molecule has 0 aliphatic carbocycles. The Kier molecular flexibility index (Phi) is 9.33. The molecule has 1 saturated heterocycles. The van der Waals surface area contributed by atoms with Gasteiger partial charge in [0.15, 0.2) is 5.96 Å². The van der Waals surface area contributed by atoms with Crippen LogP contribution < -0.4 is 20.3 Å². The molecule has 0 bridgehead atoms. The quantitative estimate of drug-likeness (QED) is 0.351. The highest BCUT2D eigenvalue weighted by atomic mass is 127. The summed E-state index contributed by atoms with van der Waals surface area (Å²) < 4.78 is 5.50.